The molecule has 0 saturated heterocycles. The number of hydrogen-bond donors (Lipinski definition) is 2. The van der Waals surface area contributed by atoms with Crippen LogP contribution in [0.5, 0.6) is 5.75 Å². The number of para-hydroxylation sites is 1. The highest BCUT2D eigenvalue weighted by atomic mass is 32.2. The van der Waals surface area contributed by atoms with Gasteiger partial charge in [0.15, 0.2) is 0 Å². The van der Waals surface area contributed by atoms with Crippen LogP contribution in [0.4, 0.5) is 0 Å². The largest absolute Gasteiger partial charge is 0.481 e. The van der Waals surface area contributed by atoms with Crippen molar-refractivity contribution in [2.24, 2.45) is 0 Å². The van der Waals surface area contributed by atoms with E-state index in [0.717, 1.165) is 11.8 Å². The van der Waals surface area contributed by atoms with Crippen LogP contribution in [-0.2, 0) is 20.1 Å². The lowest BCUT2D eigenvalue weighted by Crippen LogP contribution is -2.20. The van der Waals surface area contributed by atoms with Crippen molar-refractivity contribution in [1.82, 2.24) is 0 Å². The number of esters is 1. The van der Waals surface area contributed by atoms with Crippen molar-refractivity contribution in [3.63, 3.8) is 0 Å². The highest BCUT2D eigenvalue weighted by molar-refractivity contribution is 7.99. The van der Waals surface area contributed by atoms with Gasteiger partial charge in [0.25, 0.3) is 0 Å². The minimum atomic E-state index is -1.18. The molecular weight excluding hydrogens is 284 g/mol. The highest BCUT2D eigenvalue weighted by Gasteiger charge is 2.22. The number of rotatable bonds is 7. The molecule has 0 saturated carbocycles. The summed E-state index contributed by atoms with van der Waals surface area (Å²) in [5.41, 5.74) is 0.643. The SMILES string of the molecule is CC(=O)Oc1ccccc1CSC(CC(=O)O)C(=O)O. The third-order valence-corrected chi connectivity index (χ3v) is 3.55. The molecule has 1 atom stereocenters. The number of carboxylic acid groups (broad SMARTS) is 2. The Bertz CT molecular complexity index is 513. The smallest absolute Gasteiger partial charge is 0.317 e. The first-order chi connectivity index (χ1) is 9.40. The summed E-state index contributed by atoms with van der Waals surface area (Å²) < 4.78 is 5.00. The van der Waals surface area contributed by atoms with Gasteiger partial charge in [-0.25, -0.2) is 0 Å². The summed E-state index contributed by atoms with van der Waals surface area (Å²) in [5.74, 6) is -2.22. The van der Waals surface area contributed by atoms with Gasteiger partial charge < -0.3 is 14.9 Å². The molecule has 0 spiro atoms. The maximum Gasteiger partial charge on any atom is 0.317 e. The van der Waals surface area contributed by atoms with E-state index in [-0.39, 0.29) is 5.75 Å². The van der Waals surface area contributed by atoms with Crippen molar-refractivity contribution in [1.29, 1.82) is 0 Å². The average molecular weight is 298 g/mol. The molecule has 1 aromatic carbocycles. The molecule has 2 N–H and O–H groups in total. The number of benzene rings is 1. The predicted molar refractivity (Wildman–Crippen MR) is 72.7 cm³/mol. The predicted octanol–water partition coefficient (Wildman–Crippen LogP) is 1.77. The molecule has 0 bridgehead atoms. The van der Waals surface area contributed by atoms with E-state index < -0.39 is 29.6 Å². The van der Waals surface area contributed by atoms with Gasteiger partial charge in [-0.3, -0.25) is 14.4 Å². The lowest BCUT2D eigenvalue weighted by atomic mass is 10.2. The molecule has 20 heavy (non-hydrogen) atoms. The third kappa shape index (κ3) is 5.31. The number of aliphatic carboxylic acids is 2. The number of hydrogen-bond acceptors (Lipinski definition) is 5. The summed E-state index contributed by atoms with van der Waals surface area (Å²) in [7, 11) is 0. The molecule has 0 aliphatic rings. The van der Waals surface area contributed by atoms with Crippen molar-refractivity contribution in [3.8, 4) is 5.75 Å². The van der Waals surface area contributed by atoms with Crippen LogP contribution in [-0.4, -0.2) is 33.4 Å². The number of thioether (sulfide) groups is 1. The van der Waals surface area contributed by atoms with E-state index in [9.17, 15) is 14.4 Å². The van der Waals surface area contributed by atoms with E-state index in [2.05, 4.69) is 0 Å². The van der Waals surface area contributed by atoms with Gasteiger partial charge in [0.05, 0.1) is 6.42 Å². The summed E-state index contributed by atoms with van der Waals surface area (Å²) in [6, 6.07) is 6.73. The number of ether oxygens (including phenoxy) is 1. The zero-order chi connectivity index (χ0) is 15.1. The molecule has 1 unspecified atom stereocenters. The lowest BCUT2D eigenvalue weighted by Gasteiger charge is -2.12. The molecule has 0 aromatic heterocycles. The second-order valence-corrected chi connectivity index (χ2v) is 5.13. The summed E-state index contributed by atoms with van der Waals surface area (Å²) in [6.45, 7) is 1.27. The van der Waals surface area contributed by atoms with Crippen LogP contribution in [0.15, 0.2) is 24.3 Å². The molecule has 1 rings (SSSR count). The van der Waals surface area contributed by atoms with E-state index in [1.165, 1.54) is 6.92 Å². The van der Waals surface area contributed by atoms with Crippen LogP contribution in [0, 0.1) is 0 Å². The van der Waals surface area contributed by atoms with E-state index in [4.69, 9.17) is 14.9 Å². The Kier molecular flexibility index (Phi) is 6.05. The van der Waals surface area contributed by atoms with Gasteiger partial charge in [-0.15, -0.1) is 11.8 Å². The number of carbonyl (C=O) groups excluding carboxylic acids is 1. The van der Waals surface area contributed by atoms with Crippen molar-refractivity contribution in [3.05, 3.63) is 29.8 Å². The van der Waals surface area contributed by atoms with E-state index in [0.29, 0.717) is 11.3 Å². The number of carbonyl (C=O) groups is 3. The second kappa shape index (κ2) is 7.54. The Labute approximate surface area is 119 Å². The Hall–Kier alpha value is -2.02. The van der Waals surface area contributed by atoms with E-state index in [1.807, 2.05) is 0 Å². The topological polar surface area (TPSA) is 101 Å². The molecule has 0 fully saturated rings. The highest BCUT2D eigenvalue weighted by Crippen LogP contribution is 2.27. The molecule has 7 heteroatoms. The van der Waals surface area contributed by atoms with E-state index in [1.54, 1.807) is 24.3 Å². The summed E-state index contributed by atoms with van der Waals surface area (Å²) in [6.07, 6.45) is -0.463. The Balaban J connectivity index is 2.74. The van der Waals surface area contributed by atoms with Crippen LogP contribution < -0.4 is 4.74 Å². The molecule has 0 aliphatic carbocycles. The zero-order valence-electron chi connectivity index (χ0n) is 10.7. The Morgan fingerprint density at radius 2 is 1.90 bits per heavy atom. The maximum absolute atomic E-state index is 11.0. The van der Waals surface area contributed by atoms with Gasteiger partial charge >= 0.3 is 17.9 Å². The summed E-state index contributed by atoms with van der Waals surface area (Å²) in [5, 5.41) is 16.6. The van der Waals surface area contributed by atoms with Crippen molar-refractivity contribution in [2.75, 3.05) is 0 Å². The third-order valence-electron chi connectivity index (χ3n) is 2.30. The molecule has 0 heterocycles. The first-order valence-corrected chi connectivity index (χ1v) is 6.77. The van der Waals surface area contributed by atoms with Gasteiger partial charge in [0, 0.05) is 18.2 Å². The van der Waals surface area contributed by atoms with Crippen LogP contribution in [0.2, 0.25) is 0 Å². The number of carboxylic acids is 2. The monoisotopic (exact) mass is 298 g/mol. The first-order valence-electron chi connectivity index (χ1n) is 5.72. The van der Waals surface area contributed by atoms with Crippen LogP contribution in [0.25, 0.3) is 0 Å². The van der Waals surface area contributed by atoms with Gasteiger partial charge in [0.1, 0.15) is 11.0 Å². The normalized spacial score (nSPS) is 11.7. The van der Waals surface area contributed by atoms with Crippen LogP contribution >= 0.6 is 11.8 Å². The van der Waals surface area contributed by atoms with Gasteiger partial charge in [-0.05, 0) is 6.07 Å². The van der Waals surface area contributed by atoms with Crippen LogP contribution in [0.3, 0.4) is 0 Å². The summed E-state index contributed by atoms with van der Waals surface area (Å²) in [4.78, 5) is 32.5. The maximum atomic E-state index is 11.0. The molecule has 108 valence electrons. The standard InChI is InChI=1S/C13H14O6S/c1-8(14)19-10-5-3-2-4-9(10)7-20-11(13(17)18)6-12(15)16/h2-5,11H,6-7H2,1H3,(H,15,16)(H,17,18). The average Bonchev–Trinajstić information content (AvgIpc) is 2.34. The molecule has 1 aromatic rings. The van der Waals surface area contributed by atoms with Crippen molar-refractivity contribution in [2.45, 2.75) is 24.3 Å². The van der Waals surface area contributed by atoms with Crippen LogP contribution in [0.1, 0.15) is 18.9 Å². The minimum Gasteiger partial charge on any atom is -0.481 e. The first kappa shape index (κ1) is 16.0. The molecule has 0 amide bonds. The summed E-state index contributed by atoms with van der Waals surface area (Å²) >= 11 is 0.981. The fourth-order valence-corrected chi connectivity index (χ4v) is 2.47. The molecule has 0 radical (unpaired) electrons. The Morgan fingerprint density at radius 1 is 1.25 bits per heavy atom. The van der Waals surface area contributed by atoms with Crippen molar-refractivity contribution >= 4 is 29.7 Å². The second-order valence-electron chi connectivity index (χ2n) is 3.94. The molecular formula is C13H14O6S. The van der Waals surface area contributed by atoms with Gasteiger partial charge in [0.2, 0.25) is 0 Å². The van der Waals surface area contributed by atoms with Crippen molar-refractivity contribution < 1.29 is 29.3 Å². The van der Waals surface area contributed by atoms with E-state index >= 15 is 0 Å². The van der Waals surface area contributed by atoms with Gasteiger partial charge in [-0.1, -0.05) is 18.2 Å². The fourth-order valence-electron chi connectivity index (χ4n) is 1.44. The lowest BCUT2D eigenvalue weighted by molar-refractivity contribution is -0.142. The quantitative estimate of drug-likeness (QED) is 0.584. The Morgan fingerprint density at radius 3 is 2.45 bits per heavy atom. The minimum absolute atomic E-state index is 0.244. The molecule has 6 nitrogen and oxygen atoms in total. The molecule has 0 aliphatic heterocycles. The zero-order valence-corrected chi connectivity index (χ0v) is 11.6. The fraction of sp³-hybridized carbons (Fsp3) is 0.308. The van der Waals surface area contributed by atoms with Gasteiger partial charge in [-0.2, -0.15) is 0 Å².